The normalized spacial score (nSPS) is 13.3. The summed E-state index contributed by atoms with van der Waals surface area (Å²) < 4.78 is 10.2. The molecule has 0 saturated heterocycles. The lowest BCUT2D eigenvalue weighted by Crippen LogP contribution is -2.25. The Morgan fingerprint density at radius 2 is 1.11 bits per heavy atom. The number of esters is 2. The molecule has 2 atom stereocenters. The summed E-state index contributed by atoms with van der Waals surface area (Å²) >= 11 is 0. The SMILES string of the molecule is CCCCCCCC/C=C/C/C=C/C=C/C(O)CCCC(=O)OC[C@H](O)COC(=O)CCCCCCCCCCCCCC(C)C. The van der Waals surface area contributed by atoms with E-state index < -0.39 is 18.2 Å². The molecule has 0 aliphatic heterocycles. The Kier molecular flexibility index (Phi) is 33.0. The summed E-state index contributed by atoms with van der Waals surface area (Å²) in [6, 6.07) is 0. The van der Waals surface area contributed by atoms with Gasteiger partial charge in [0.05, 0.1) is 6.10 Å². The highest BCUT2D eigenvalue weighted by Crippen LogP contribution is 2.14. The van der Waals surface area contributed by atoms with E-state index in [4.69, 9.17) is 9.47 Å². The molecule has 0 spiro atoms. The van der Waals surface area contributed by atoms with Gasteiger partial charge >= 0.3 is 11.9 Å². The Balaban J connectivity index is 3.63. The van der Waals surface area contributed by atoms with Crippen molar-refractivity contribution in [3.8, 4) is 0 Å². The van der Waals surface area contributed by atoms with Crippen LogP contribution in [0.25, 0.3) is 0 Å². The van der Waals surface area contributed by atoms with Crippen LogP contribution in [0.2, 0.25) is 0 Å². The zero-order valence-corrected chi connectivity index (χ0v) is 30.1. The Morgan fingerprint density at radius 3 is 1.70 bits per heavy atom. The largest absolute Gasteiger partial charge is 0.463 e. The lowest BCUT2D eigenvalue weighted by atomic mass is 10.0. The van der Waals surface area contributed by atoms with E-state index in [-0.39, 0.29) is 25.6 Å². The van der Waals surface area contributed by atoms with E-state index in [9.17, 15) is 19.8 Å². The molecule has 46 heavy (non-hydrogen) atoms. The molecule has 0 bridgehead atoms. The van der Waals surface area contributed by atoms with Gasteiger partial charge in [0.1, 0.15) is 19.3 Å². The van der Waals surface area contributed by atoms with Crippen molar-refractivity contribution in [3.05, 3.63) is 36.5 Å². The monoisotopic (exact) mass is 649 g/mol. The molecule has 0 aromatic carbocycles. The van der Waals surface area contributed by atoms with E-state index in [0.29, 0.717) is 19.3 Å². The highest BCUT2D eigenvalue weighted by atomic mass is 16.6. The van der Waals surface area contributed by atoms with Crippen LogP contribution in [0, 0.1) is 5.92 Å². The Hall–Kier alpha value is -1.92. The quantitative estimate of drug-likeness (QED) is 0.0318. The summed E-state index contributed by atoms with van der Waals surface area (Å²) in [5, 5.41) is 20.1. The summed E-state index contributed by atoms with van der Waals surface area (Å²) in [6.45, 7) is 6.46. The molecule has 6 nitrogen and oxygen atoms in total. The van der Waals surface area contributed by atoms with Gasteiger partial charge in [-0.05, 0) is 44.4 Å². The van der Waals surface area contributed by atoms with Gasteiger partial charge in [0.15, 0.2) is 0 Å². The fourth-order valence-electron chi connectivity index (χ4n) is 5.22. The van der Waals surface area contributed by atoms with Crippen LogP contribution in [-0.2, 0) is 19.1 Å². The molecule has 268 valence electrons. The van der Waals surface area contributed by atoms with Gasteiger partial charge in [0.25, 0.3) is 0 Å². The lowest BCUT2D eigenvalue weighted by molar-refractivity contribution is -0.152. The van der Waals surface area contributed by atoms with Gasteiger partial charge in [-0.25, -0.2) is 0 Å². The maximum atomic E-state index is 12.0. The number of rotatable bonds is 33. The number of hydrogen-bond donors (Lipinski definition) is 2. The smallest absolute Gasteiger partial charge is 0.305 e. The van der Waals surface area contributed by atoms with Gasteiger partial charge in [-0.2, -0.15) is 0 Å². The molecule has 0 saturated carbocycles. The molecule has 6 heteroatoms. The summed E-state index contributed by atoms with van der Waals surface area (Å²) in [4.78, 5) is 23.9. The maximum Gasteiger partial charge on any atom is 0.305 e. The van der Waals surface area contributed by atoms with Crippen molar-refractivity contribution < 1.29 is 29.3 Å². The highest BCUT2D eigenvalue weighted by Gasteiger charge is 2.12. The Labute approximate surface area is 283 Å². The van der Waals surface area contributed by atoms with Crippen molar-refractivity contribution in [1.29, 1.82) is 0 Å². The minimum absolute atomic E-state index is 0.162. The van der Waals surface area contributed by atoms with Crippen molar-refractivity contribution in [2.75, 3.05) is 13.2 Å². The van der Waals surface area contributed by atoms with Gasteiger partial charge in [-0.1, -0.05) is 160 Å². The fourth-order valence-corrected chi connectivity index (χ4v) is 5.22. The molecule has 0 heterocycles. The fraction of sp³-hybridized carbons (Fsp3) is 0.800. The average molecular weight is 649 g/mol. The summed E-state index contributed by atoms with van der Waals surface area (Å²) in [6.07, 6.45) is 36.6. The minimum atomic E-state index is -1.03. The first-order chi connectivity index (χ1) is 22.3. The number of carbonyl (C=O) groups excluding carboxylic acids is 2. The Bertz CT molecular complexity index is 772. The van der Waals surface area contributed by atoms with Crippen LogP contribution in [0.5, 0.6) is 0 Å². The van der Waals surface area contributed by atoms with E-state index in [1.165, 1.54) is 96.3 Å². The van der Waals surface area contributed by atoms with Gasteiger partial charge in [0, 0.05) is 12.8 Å². The van der Waals surface area contributed by atoms with Crippen LogP contribution < -0.4 is 0 Å². The van der Waals surface area contributed by atoms with Crippen LogP contribution >= 0.6 is 0 Å². The number of aliphatic hydroxyl groups excluding tert-OH is 2. The third kappa shape index (κ3) is 34.9. The molecule has 0 aromatic heterocycles. The first kappa shape index (κ1) is 44.1. The zero-order chi connectivity index (χ0) is 33.9. The lowest BCUT2D eigenvalue weighted by Gasteiger charge is -2.12. The van der Waals surface area contributed by atoms with Crippen molar-refractivity contribution >= 4 is 11.9 Å². The van der Waals surface area contributed by atoms with Crippen molar-refractivity contribution in [2.24, 2.45) is 5.92 Å². The second kappa shape index (κ2) is 34.4. The number of allylic oxidation sites excluding steroid dienone is 5. The van der Waals surface area contributed by atoms with E-state index in [0.717, 1.165) is 38.0 Å². The second-order valence-electron chi connectivity index (χ2n) is 13.4. The molecule has 0 amide bonds. The molecule has 0 aromatic rings. The van der Waals surface area contributed by atoms with Crippen LogP contribution in [0.3, 0.4) is 0 Å². The number of ether oxygens (including phenoxy) is 2. The van der Waals surface area contributed by atoms with Crippen LogP contribution in [0.4, 0.5) is 0 Å². The number of aliphatic hydroxyl groups is 2. The maximum absolute atomic E-state index is 12.0. The summed E-state index contributed by atoms with van der Waals surface area (Å²) in [5.41, 5.74) is 0. The third-order valence-corrected chi connectivity index (χ3v) is 8.16. The molecular weight excluding hydrogens is 576 g/mol. The van der Waals surface area contributed by atoms with Gasteiger partial charge in [-0.15, -0.1) is 0 Å². The number of unbranched alkanes of at least 4 members (excludes halogenated alkanes) is 16. The highest BCUT2D eigenvalue weighted by molar-refractivity contribution is 5.69. The van der Waals surface area contributed by atoms with Gasteiger partial charge < -0.3 is 19.7 Å². The minimum Gasteiger partial charge on any atom is -0.463 e. The molecule has 0 radical (unpaired) electrons. The molecule has 2 N–H and O–H groups in total. The first-order valence-electron chi connectivity index (χ1n) is 19.0. The van der Waals surface area contributed by atoms with E-state index in [1.54, 1.807) is 6.08 Å². The van der Waals surface area contributed by atoms with E-state index in [1.807, 2.05) is 12.2 Å². The van der Waals surface area contributed by atoms with Crippen LogP contribution in [0.15, 0.2) is 36.5 Å². The molecular formula is C40H72O6. The van der Waals surface area contributed by atoms with Crippen LogP contribution in [-0.4, -0.2) is 47.6 Å². The molecule has 0 rings (SSSR count). The predicted molar refractivity (Wildman–Crippen MR) is 193 cm³/mol. The van der Waals surface area contributed by atoms with Crippen molar-refractivity contribution in [3.63, 3.8) is 0 Å². The topological polar surface area (TPSA) is 93.1 Å². The summed E-state index contributed by atoms with van der Waals surface area (Å²) in [5.74, 6) is 0.0717. The zero-order valence-electron chi connectivity index (χ0n) is 30.1. The van der Waals surface area contributed by atoms with Crippen molar-refractivity contribution in [2.45, 2.75) is 187 Å². The summed E-state index contributed by atoms with van der Waals surface area (Å²) in [7, 11) is 0. The molecule has 0 fully saturated rings. The number of carbonyl (C=O) groups is 2. The molecule has 0 aliphatic rings. The third-order valence-electron chi connectivity index (χ3n) is 8.16. The second-order valence-corrected chi connectivity index (χ2v) is 13.4. The molecule has 1 unspecified atom stereocenters. The predicted octanol–water partition coefficient (Wildman–Crippen LogP) is 10.5. The van der Waals surface area contributed by atoms with E-state index >= 15 is 0 Å². The standard InChI is InChI=1S/C40H72O6/c1-4-5-6-7-8-9-10-11-14-17-20-23-26-30-37(41)31-28-33-40(44)46-35-38(42)34-45-39(43)32-27-24-21-18-15-12-13-16-19-22-25-29-36(2)3/h11,14,20,23,26,30,36-38,41-42H,4-10,12-13,15-19,21-22,24-25,27-29,31-35H2,1-3H3/b14-11+,23-20+,30-26+/t37?,38-/m1/s1. The van der Waals surface area contributed by atoms with Crippen molar-refractivity contribution in [1.82, 2.24) is 0 Å². The first-order valence-corrected chi connectivity index (χ1v) is 19.0. The Morgan fingerprint density at radius 1 is 0.587 bits per heavy atom. The van der Waals surface area contributed by atoms with Gasteiger partial charge in [0.2, 0.25) is 0 Å². The average Bonchev–Trinajstić information content (AvgIpc) is 3.03. The van der Waals surface area contributed by atoms with E-state index in [2.05, 4.69) is 39.0 Å². The van der Waals surface area contributed by atoms with Gasteiger partial charge in [-0.3, -0.25) is 9.59 Å². The molecule has 0 aliphatic carbocycles. The number of hydrogen-bond acceptors (Lipinski definition) is 6. The van der Waals surface area contributed by atoms with Crippen LogP contribution in [0.1, 0.15) is 175 Å².